The largest absolute Gasteiger partial charge is 0.490 e. The van der Waals surface area contributed by atoms with Crippen LogP contribution in [-0.4, -0.2) is 36.3 Å². The summed E-state index contributed by atoms with van der Waals surface area (Å²) in [6.07, 6.45) is 0.502. The molecule has 1 aliphatic rings. The Hall–Kier alpha value is -1.49. The summed E-state index contributed by atoms with van der Waals surface area (Å²) in [5, 5.41) is 0.335. The van der Waals surface area contributed by atoms with Crippen molar-refractivity contribution in [1.29, 1.82) is 0 Å². The second kappa shape index (κ2) is 6.73. The van der Waals surface area contributed by atoms with E-state index in [9.17, 15) is 9.18 Å². The maximum Gasteiger partial charge on any atom is 0.410 e. The van der Waals surface area contributed by atoms with Crippen LogP contribution in [0.5, 0.6) is 5.75 Å². The van der Waals surface area contributed by atoms with Gasteiger partial charge < -0.3 is 14.4 Å². The molecule has 4 nitrogen and oxygen atoms in total. The van der Waals surface area contributed by atoms with E-state index in [1.54, 1.807) is 11.0 Å². The molecule has 0 aliphatic carbocycles. The Kier molecular flexibility index (Phi) is 5.16. The number of carbonyl (C=O) groups excluding carboxylic acids is 1. The van der Waals surface area contributed by atoms with Gasteiger partial charge in [0.1, 0.15) is 5.60 Å². The van der Waals surface area contributed by atoms with E-state index in [4.69, 9.17) is 21.1 Å². The van der Waals surface area contributed by atoms with E-state index in [0.29, 0.717) is 24.7 Å². The van der Waals surface area contributed by atoms with Crippen LogP contribution in [0.3, 0.4) is 0 Å². The number of rotatable bonds is 3. The van der Waals surface area contributed by atoms with E-state index in [0.717, 1.165) is 6.42 Å². The second-order valence-electron chi connectivity index (χ2n) is 6.47. The molecule has 0 bridgehead atoms. The molecule has 1 atom stereocenters. The highest BCUT2D eigenvalue weighted by atomic mass is 35.5. The van der Waals surface area contributed by atoms with Gasteiger partial charge in [0, 0.05) is 24.0 Å². The molecule has 0 spiro atoms. The average molecular weight is 330 g/mol. The molecule has 1 aromatic rings. The first-order valence-corrected chi connectivity index (χ1v) is 7.68. The second-order valence-corrected chi connectivity index (χ2v) is 6.90. The maximum atomic E-state index is 13.6. The number of halogens is 2. The molecule has 0 N–H and O–H groups in total. The van der Waals surface area contributed by atoms with Crippen molar-refractivity contribution in [3.05, 3.63) is 29.0 Å². The van der Waals surface area contributed by atoms with Gasteiger partial charge in [-0.25, -0.2) is 9.18 Å². The highest BCUT2D eigenvalue weighted by Crippen LogP contribution is 2.24. The summed E-state index contributed by atoms with van der Waals surface area (Å²) in [7, 11) is 0. The van der Waals surface area contributed by atoms with Crippen molar-refractivity contribution < 1.29 is 18.7 Å². The Bertz CT molecular complexity index is 545. The lowest BCUT2D eigenvalue weighted by atomic mass is 10.1. The third-order valence-electron chi connectivity index (χ3n) is 3.31. The zero-order valence-electron chi connectivity index (χ0n) is 13.1. The summed E-state index contributed by atoms with van der Waals surface area (Å²) >= 11 is 5.70. The van der Waals surface area contributed by atoms with E-state index in [1.807, 2.05) is 20.8 Å². The van der Waals surface area contributed by atoms with Crippen LogP contribution < -0.4 is 4.74 Å². The lowest BCUT2D eigenvalue weighted by Gasteiger charge is -2.24. The molecule has 1 amide bonds. The summed E-state index contributed by atoms with van der Waals surface area (Å²) in [5.74, 6) is -0.128. The third kappa shape index (κ3) is 4.77. The lowest BCUT2D eigenvalue weighted by molar-refractivity contribution is 0.0284. The number of benzene rings is 1. The Morgan fingerprint density at radius 1 is 1.45 bits per heavy atom. The molecule has 22 heavy (non-hydrogen) atoms. The zero-order valence-corrected chi connectivity index (χ0v) is 13.8. The zero-order chi connectivity index (χ0) is 16.3. The van der Waals surface area contributed by atoms with E-state index >= 15 is 0 Å². The van der Waals surface area contributed by atoms with Gasteiger partial charge in [-0.05, 0) is 45.4 Å². The minimum atomic E-state index is -0.502. The van der Waals surface area contributed by atoms with Gasteiger partial charge in [0.05, 0.1) is 6.61 Å². The predicted octanol–water partition coefficient (Wildman–Crippen LogP) is 4.11. The molecule has 122 valence electrons. The van der Waals surface area contributed by atoms with Crippen LogP contribution in [0.4, 0.5) is 9.18 Å². The molecule has 0 saturated carbocycles. The Balaban J connectivity index is 1.82. The molecule has 1 aliphatic heterocycles. The third-order valence-corrected chi connectivity index (χ3v) is 3.54. The van der Waals surface area contributed by atoms with Crippen LogP contribution in [0, 0.1) is 11.7 Å². The normalized spacial score (nSPS) is 18.4. The van der Waals surface area contributed by atoms with Crippen LogP contribution in [-0.2, 0) is 4.74 Å². The lowest BCUT2D eigenvalue weighted by Crippen LogP contribution is -2.35. The van der Waals surface area contributed by atoms with E-state index in [1.165, 1.54) is 12.1 Å². The molecule has 1 heterocycles. The van der Waals surface area contributed by atoms with Crippen molar-refractivity contribution in [3.8, 4) is 5.75 Å². The number of hydrogen-bond donors (Lipinski definition) is 0. The molecule has 0 radical (unpaired) electrons. The number of ether oxygens (including phenoxy) is 2. The van der Waals surface area contributed by atoms with Gasteiger partial charge in [0.2, 0.25) is 0 Å². The van der Waals surface area contributed by atoms with Gasteiger partial charge in [-0.2, -0.15) is 0 Å². The fraction of sp³-hybridized carbons (Fsp3) is 0.562. The van der Waals surface area contributed by atoms with E-state index in [2.05, 4.69) is 0 Å². The number of likely N-dealkylation sites (tertiary alicyclic amines) is 1. The van der Waals surface area contributed by atoms with Crippen molar-refractivity contribution in [2.45, 2.75) is 32.8 Å². The van der Waals surface area contributed by atoms with Gasteiger partial charge in [0.25, 0.3) is 0 Å². The van der Waals surface area contributed by atoms with Gasteiger partial charge in [-0.15, -0.1) is 0 Å². The molecule has 2 rings (SSSR count). The SMILES string of the molecule is CC(C)(C)OC(=O)N1CCC(COc2ccc(Cl)cc2F)C1. The predicted molar refractivity (Wildman–Crippen MR) is 82.8 cm³/mol. The summed E-state index contributed by atoms with van der Waals surface area (Å²) in [5.41, 5.74) is -0.502. The Labute approximate surface area is 135 Å². The smallest absolute Gasteiger partial charge is 0.410 e. The van der Waals surface area contributed by atoms with Gasteiger partial charge in [0.15, 0.2) is 11.6 Å². The Morgan fingerprint density at radius 2 is 2.18 bits per heavy atom. The number of amides is 1. The van der Waals surface area contributed by atoms with Crippen LogP contribution in [0.25, 0.3) is 0 Å². The molecular weight excluding hydrogens is 309 g/mol. The quantitative estimate of drug-likeness (QED) is 0.837. The number of hydrogen-bond acceptors (Lipinski definition) is 3. The van der Waals surface area contributed by atoms with Crippen LogP contribution in [0.15, 0.2) is 18.2 Å². The topological polar surface area (TPSA) is 38.8 Å². The first kappa shape index (κ1) is 16.9. The minimum absolute atomic E-state index is 0.169. The number of carbonyl (C=O) groups is 1. The highest BCUT2D eigenvalue weighted by molar-refractivity contribution is 6.30. The van der Waals surface area contributed by atoms with Gasteiger partial charge in [-0.3, -0.25) is 0 Å². The monoisotopic (exact) mass is 329 g/mol. The summed E-state index contributed by atoms with van der Waals surface area (Å²) in [6, 6.07) is 4.32. The fourth-order valence-corrected chi connectivity index (χ4v) is 2.42. The van der Waals surface area contributed by atoms with Crippen molar-refractivity contribution >= 4 is 17.7 Å². The maximum absolute atomic E-state index is 13.6. The van der Waals surface area contributed by atoms with Crippen LogP contribution in [0.1, 0.15) is 27.2 Å². The summed E-state index contributed by atoms with van der Waals surface area (Å²) in [6.45, 7) is 7.06. The summed E-state index contributed by atoms with van der Waals surface area (Å²) in [4.78, 5) is 13.6. The molecule has 6 heteroatoms. The van der Waals surface area contributed by atoms with Gasteiger partial charge >= 0.3 is 6.09 Å². The highest BCUT2D eigenvalue weighted by Gasteiger charge is 2.30. The first-order valence-electron chi connectivity index (χ1n) is 7.30. The number of nitrogens with zero attached hydrogens (tertiary/aromatic N) is 1. The van der Waals surface area contributed by atoms with E-state index in [-0.39, 0.29) is 17.8 Å². The minimum Gasteiger partial charge on any atom is -0.490 e. The molecule has 1 aromatic carbocycles. The van der Waals surface area contributed by atoms with Crippen molar-refractivity contribution in [1.82, 2.24) is 4.90 Å². The average Bonchev–Trinajstić information content (AvgIpc) is 2.84. The van der Waals surface area contributed by atoms with Crippen molar-refractivity contribution in [3.63, 3.8) is 0 Å². The van der Waals surface area contributed by atoms with Crippen molar-refractivity contribution in [2.24, 2.45) is 5.92 Å². The summed E-state index contributed by atoms with van der Waals surface area (Å²) < 4.78 is 24.4. The molecule has 1 saturated heterocycles. The van der Waals surface area contributed by atoms with Gasteiger partial charge in [-0.1, -0.05) is 11.6 Å². The van der Waals surface area contributed by atoms with Crippen LogP contribution >= 0.6 is 11.6 Å². The molecule has 0 aromatic heterocycles. The van der Waals surface area contributed by atoms with Crippen molar-refractivity contribution in [2.75, 3.05) is 19.7 Å². The standard InChI is InChI=1S/C16H21ClFNO3/c1-16(2,3)22-15(20)19-7-6-11(9-19)10-21-14-5-4-12(17)8-13(14)18/h4-5,8,11H,6-7,9-10H2,1-3H3. The molecule has 1 fully saturated rings. The molecular formula is C16H21ClFNO3. The molecule has 1 unspecified atom stereocenters. The fourth-order valence-electron chi connectivity index (χ4n) is 2.26. The first-order chi connectivity index (χ1) is 10.2. The van der Waals surface area contributed by atoms with E-state index < -0.39 is 11.4 Å². The Morgan fingerprint density at radius 3 is 2.82 bits per heavy atom. The van der Waals surface area contributed by atoms with Crippen LogP contribution in [0.2, 0.25) is 5.02 Å².